The van der Waals surface area contributed by atoms with Crippen molar-refractivity contribution in [3.05, 3.63) is 247 Å². The molecule has 12 aromatic rings. The third-order valence-corrected chi connectivity index (χ3v) is 13.6. The molecule has 350 valence electrons. The van der Waals surface area contributed by atoms with Crippen LogP contribution in [-0.4, -0.2) is 24.5 Å². The smallest absolute Gasteiger partial charge is 0.308 e. The fourth-order valence-corrected chi connectivity index (χ4v) is 9.93. The molecular weight excluding hydrogens is 908 g/mol. The Morgan fingerprint density at radius 3 is 1.16 bits per heavy atom. The first-order valence-corrected chi connectivity index (χ1v) is 24.1. The molecule has 0 aliphatic carbocycles. The van der Waals surface area contributed by atoms with Crippen molar-refractivity contribution < 1.29 is 13.2 Å². The van der Waals surface area contributed by atoms with Crippen LogP contribution in [0.3, 0.4) is 0 Å². The van der Waals surface area contributed by atoms with Crippen LogP contribution in [0.5, 0.6) is 0 Å². The highest BCUT2D eigenvalue weighted by atomic mass is 19.4. The summed E-state index contributed by atoms with van der Waals surface area (Å²) in [7, 11) is 0. The second-order valence-electron chi connectivity index (χ2n) is 18.2. The molecule has 0 N–H and O–H groups in total. The molecule has 0 aliphatic rings. The molecule has 3 heterocycles. The SMILES string of the molecule is Cc1ccccc1-c1ccc2c3ccc(-c4ccccc4C)cc3n(-c3c(-c4cc(-c5ccccc5)nc(-c5ccccc5)n4)cc(C(F)(F)F)cc3-c3nc(-c4ccccc4)cc(-c4ccccc4)n3)c2c1. The van der Waals surface area contributed by atoms with Crippen LogP contribution in [0.15, 0.2) is 231 Å². The van der Waals surface area contributed by atoms with E-state index in [9.17, 15) is 0 Å². The van der Waals surface area contributed by atoms with Gasteiger partial charge in [-0.3, -0.25) is 0 Å². The minimum Gasteiger partial charge on any atom is -0.308 e. The van der Waals surface area contributed by atoms with Crippen LogP contribution in [0.25, 0.3) is 118 Å². The maximum atomic E-state index is 16.0. The molecule has 3 aromatic heterocycles. The third kappa shape index (κ3) is 8.53. The number of aromatic nitrogens is 5. The predicted octanol–water partition coefficient (Wildman–Crippen LogP) is 17.3. The zero-order chi connectivity index (χ0) is 49.6. The quantitative estimate of drug-likeness (QED) is 0.145. The van der Waals surface area contributed by atoms with Crippen LogP contribution in [-0.2, 0) is 6.18 Å². The van der Waals surface area contributed by atoms with E-state index in [2.05, 4.69) is 79.1 Å². The molecule has 0 atom stereocenters. The van der Waals surface area contributed by atoms with Crippen molar-refractivity contribution in [1.29, 1.82) is 0 Å². The van der Waals surface area contributed by atoms with Gasteiger partial charge in [0.25, 0.3) is 0 Å². The van der Waals surface area contributed by atoms with E-state index in [-0.39, 0.29) is 22.6 Å². The summed E-state index contributed by atoms with van der Waals surface area (Å²) >= 11 is 0. The van der Waals surface area contributed by atoms with Crippen molar-refractivity contribution in [2.45, 2.75) is 20.0 Å². The lowest BCUT2D eigenvalue weighted by Gasteiger charge is -2.22. The minimum absolute atomic E-state index is 0.114. The summed E-state index contributed by atoms with van der Waals surface area (Å²) in [5.41, 5.74) is 12.7. The van der Waals surface area contributed by atoms with E-state index in [4.69, 9.17) is 19.9 Å². The van der Waals surface area contributed by atoms with Gasteiger partial charge in [0.2, 0.25) is 0 Å². The highest BCUT2D eigenvalue weighted by Gasteiger charge is 2.35. The summed E-state index contributed by atoms with van der Waals surface area (Å²) in [5, 5.41) is 1.84. The molecule has 0 saturated carbocycles. The zero-order valence-corrected chi connectivity index (χ0v) is 39.8. The number of nitrogens with zero attached hydrogens (tertiary/aromatic N) is 5. The van der Waals surface area contributed by atoms with E-state index in [1.807, 2.05) is 152 Å². The number of hydrogen-bond donors (Lipinski definition) is 0. The average molecular weight is 952 g/mol. The van der Waals surface area contributed by atoms with Gasteiger partial charge in [0, 0.05) is 44.2 Å². The number of alkyl halides is 3. The van der Waals surface area contributed by atoms with E-state index in [1.165, 1.54) is 12.1 Å². The van der Waals surface area contributed by atoms with Crippen LogP contribution in [0, 0.1) is 13.8 Å². The number of rotatable bonds is 9. The van der Waals surface area contributed by atoms with Crippen molar-refractivity contribution in [3.63, 3.8) is 0 Å². The van der Waals surface area contributed by atoms with E-state index < -0.39 is 11.7 Å². The normalized spacial score (nSPS) is 11.6. The number of fused-ring (bicyclic) bond motifs is 3. The highest BCUT2D eigenvalue weighted by molar-refractivity contribution is 6.12. The lowest BCUT2D eigenvalue weighted by atomic mass is 9.96. The summed E-state index contributed by atoms with van der Waals surface area (Å²) in [6.45, 7) is 4.17. The third-order valence-electron chi connectivity index (χ3n) is 13.6. The molecule has 0 unspecified atom stereocenters. The van der Waals surface area contributed by atoms with Crippen LogP contribution in [0.1, 0.15) is 16.7 Å². The van der Waals surface area contributed by atoms with Crippen LogP contribution in [0.4, 0.5) is 13.2 Å². The van der Waals surface area contributed by atoms with Crippen LogP contribution < -0.4 is 0 Å². The van der Waals surface area contributed by atoms with Gasteiger partial charge in [-0.2, -0.15) is 13.2 Å². The molecule has 0 saturated heterocycles. The van der Waals surface area contributed by atoms with Gasteiger partial charge >= 0.3 is 6.18 Å². The average Bonchev–Trinajstić information content (AvgIpc) is 3.75. The van der Waals surface area contributed by atoms with Gasteiger partial charge in [-0.15, -0.1) is 0 Å². The van der Waals surface area contributed by atoms with E-state index >= 15 is 13.2 Å². The fraction of sp³-hybridized carbons (Fsp3) is 0.0462. The Hall–Kier alpha value is -9.27. The first-order chi connectivity index (χ1) is 35.6. The van der Waals surface area contributed by atoms with Crippen molar-refractivity contribution in [2.24, 2.45) is 0 Å². The van der Waals surface area contributed by atoms with Gasteiger partial charge < -0.3 is 4.57 Å². The monoisotopic (exact) mass is 951 g/mol. The van der Waals surface area contributed by atoms with Gasteiger partial charge in [-0.1, -0.05) is 194 Å². The maximum Gasteiger partial charge on any atom is 0.416 e. The first kappa shape index (κ1) is 44.9. The van der Waals surface area contributed by atoms with Gasteiger partial charge in [-0.05, 0) is 83.6 Å². The molecule has 0 radical (unpaired) electrons. The molecule has 9 aromatic carbocycles. The van der Waals surface area contributed by atoms with Crippen molar-refractivity contribution in [1.82, 2.24) is 24.5 Å². The van der Waals surface area contributed by atoms with E-state index in [0.29, 0.717) is 34.2 Å². The Labute approximate surface area is 420 Å². The van der Waals surface area contributed by atoms with Crippen molar-refractivity contribution in [3.8, 4) is 95.7 Å². The Kier molecular flexibility index (Phi) is 11.4. The van der Waals surface area contributed by atoms with Gasteiger partial charge in [-0.25, -0.2) is 19.9 Å². The second kappa shape index (κ2) is 18.5. The summed E-state index contributed by atoms with van der Waals surface area (Å²) in [4.78, 5) is 20.8. The van der Waals surface area contributed by atoms with Crippen molar-refractivity contribution in [2.75, 3.05) is 0 Å². The number of halogens is 3. The first-order valence-electron chi connectivity index (χ1n) is 24.1. The van der Waals surface area contributed by atoms with Crippen molar-refractivity contribution >= 4 is 21.8 Å². The highest BCUT2D eigenvalue weighted by Crippen LogP contribution is 2.47. The largest absolute Gasteiger partial charge is 0.416 e. The number of hydrogen-bond acceptors (Lipinski definition) is 4. The summed E-state index contributed by atoms with van der Waals surface area (Å²) < 4.78 is 50.2. The predicted molar refractivity (Wildman–Crippen MR) is 290 cm³/mol. The standard InChI is InChI=1S/C65H44F3N5/c1-41-19-15-17-29-50(41)47-31-33-52-53-34-32-48(51-30-18-16-20-42(51)2)36-61(53)73(60(52)35-47)62-54(59-40-58(45-25-11-5-12-26-45)69-63(72-59)46-27-13-6-14-28-46)37-49(65(66,67)68)38-55(62)64-70-56(43-21-7-3-8-22-43)39-57(71-64)44-23-9-4-10-24-44/h3-40H,1-2H3. The Morgan fingerprint density at radius 2 is 0.712 bits per heavy atom. The summed E-state index contributed by atoms with van der Waals surface area (Å²) in [6.07, 6.45) is -4.80. The number of benzene rings is 9. The molecule has 0 spiro atoms. The molecule has 12 rings (SSSR count). The van der Waals surface area contributed by atoms with Gasteiger partial charge in [0.1, 0.15) is 0 Å². The molecule has 0 bridgehead atoms. The molecule has 0 aliphatic heterocycles. The summed E-state index contributed by atoms with van der Waals surface area (Å²) in [6, 6.07) is 73.9. The second-order valence-corrected chi connectivity index (χ2v) is 18.2. The van der Waals surface area contributed by atoms with E-state index in [1.54, 1.807) is 6.07 Å². The molecule has 8 heteroatoms. The topological polar surface area (TPSA) is 56.5 Å². The Bertz CT molecular complexity index is 3650. The summed E-state index contributed by atoms with van der Waals surface area (Å²) in [5.74, 6) is 0.477. The maximum absolute atomic E-state index is 16.0. The van der Waals surface area contributed by atoms with E-state index in [0.717, 1.165) is 71.9 Å². The molecule has 0 amide bonds. The lowest BCUT2D eigenvalue weighted by Crippen LogP contribution is -2.11. The molecular formula is C65H44F3N5. The van der Waals surface area contributed by atoms with Crippen LogP contribution in [0.2, 0.25) is 0 Å². The molecule has 0 fully saturated rings. The zero-order valence-electron chi connectivity index (χ0n) is 39.8. The Balaban J connectivity index is 1.28. The van der Waals surface area contributed by atoms with Gasteiger partial charge in [0.15, 0.2) is 11.6 Å². The Morgan fingerprint density at radius 1 is 0.329 bits per heavy atom. The minimum atomic E-state index is -4.80. The molecule has 5 nitrogen and oxygen atoms in total. The van der Waals surface area contributed by atoms with Gasteiger partial charge in [0.05, 0.1) is 45.1 Å². The molecule has 73 heavy (non-hydrogen) atoms. The number of aryl methyl sites for hydroxylation is 2. The van der Waals surface area contributed by atoms with Crippen LogP contribution >= 0.6 is 0 Å². The fourth-order valence-electron chi connectivity index (χ4n) is 9.93. The lowest BCUT2D eigenvalue weighted by molar-refractivity contribution is -0.137.